The van der Waals surface area contributed by atoms with Gasteiger partial charge in [0.15, 0.2) is 0 Å². The Labute approximate surface area is 176 Å². The van der Waals surface area contributed by atoms with Gasteiger partial charge in [0.1, 0.15) is 5.75 Å². The Hall–Kier alpha value is -2.99. The van der Waals surface area contributed by atoms with E-state index < -0.39 is 0 Å². The van der Waals surface area contributed by atoms with Crippen molar-refractivity contribution < 1.29 is 4.74 Å². The van der Waals surface area contributed by atoms with Gasteiger partial charge >= 0.3 is 0 Å². The van der Waals surface area contributed by atoms with Gasteiger partial charge in [0.2, 0.25) is 5.95 Å². The number of rotatable bonds is 5. The van der Waals surface area contributed by atoms with E-state index in [0.29, 0.717) is 5.41 Å². The minimum atomic E-state index is 0.156. The Balaban J connectivity index is 1.36. The summed E-state index contributed by atoms with van der Waals surface area (Å²) in [5.74, 6) is 1.54. The van der Waals surface area contributed by atoms with E-state index in [0.717, 1.165) is 29.5 Å². The van der Waals surface area contributed by atoms with Gasteiger partial charge in [0.25, 0.3) is 0 Å². The van der Waals surface area contributed by atoms with Crippen molar-refractivity contribution >= 4 is 11.6 Å². The Kier molecular flexibility index (Phi) is 3.72. The Morgan fingerprint density at radius 1 is 1.00 bits per heavy atom. The smallest absolute Gasteiger partial charge is 0.229 e. The normalized spacial score (nSPS) is 19.6. The number of benzene rings is 1. The van der Waals surface area contributed by atoms with Gasteiger partial charge in [-0.25, -0.2) is 9.97 Å². The summed E-state index contributed by atoms with van der Waals surface area (Å²) < 4.78 is 5.31. The molecule has 152 valence electrons. The van der Waals surface area contributed by atoms with Crippen LogP contribution in [0.15, 0.2) is 48.9 Å². The van der Waals surface area contributed by atoms with E-state index >= 15 is 0 Å². The lowest BCUT2D eigenvalue weighted by molar-refractivity contribution is 0.414. The SMILES string of the molecule is CNC1(c2ccc3c(c2)N(c2ncc(-c4cc(OC)ccn4)cn2)CC32CC2)CC1. The van der Waals surface area contributed by atoms with E-state index in [-0.39, 0.29) is 5.54 Å². The van der Waals surface area contributed by atoms with Gasteiger partial charge in [-0.1, -0.05) is 12.1 Å². The summed E-state index contributed by atoms with van der Waals surface area (Å²) in [5.41, 5.74) is 6.26. The van der Waals surface area contributed by atoms with E-state index in [1.165, 1.54) is 42.5 Å². The molecule has 0 saturated heterocycles. The molecule has 0 atom stereocenters. The number of pyridine rings is 1. The lowest BCUT2D eigenvalue weighted by Gasteiger charge is -2.20. The maximum atomic E-state index is 5.31. The first-order valence-corrected chi connectivity index (χ1v) is 10.6. The molecule has 1 spiro atoms. The van der Waals surface area contributed by atoms with Crippen molar-refractivity contribution in [2.45, 2.75) is 36.6 Å². The molecule has 0 amide bonds. The molecule has 1 aliphatic heterocycles. The van der Waals surface area contributed by atoms with E-state index in [2.05, 4.69) is 40.4 Å². The molecule has 1 N–H and O–H groups in total. The largest absolute Gasteiger partial charge is 0.497 e. The minimum absolute atomic E-state index is 0.156. The van der Waals surface area contributed by atoms with Gasteiger partial charge in [-0.15, -0.1) is 0 Å². The maximum absolute atomic E-state index is 5.31. The Bertz CT molecular complexity index is 1120. The minimum Gasteiger partial charge on any atom is -0.497 e. The highest BCUT2D eigenvalue weighted by Crippen LogP contribution is 2.59. The molecule has 2 aliphatic carbocycles. The van der Waals surface area contributed by atoms with Crippen molar-refractivity contribution in [1.29, 1.82) is 0 Å². The second-order valence-corrected chi connectivity index (χ2v) is 8.78. The van der Waals surface area contributed by atoms with E-state index in [9.17, 15) is 0 Å². The van der Waals surface area contributed by atoms with Gasteiger partial charge in [0, 0.05) is 53.4 Å². The highest BCUT2D eigenvalue weighted by Gasteiger charge is 2.53. The number of nitrogens with one attached hydrogen (secondary N) is 1. The number of fused-ring (bicyclic) bond motifs is 2. The molecule has 0 bridgehead atoms. The van der Waals surface area contributed by atoms with Crippen molar-refractivity contribution in [3.8, 4) is 17.0 Å². The molecule has 3 heterocycles. The number of aromatic nitrogens is 3. The molecular formula is C24H25N5O. The van der Waals surface area contributed by atoms with Crippen LogP contribution < -0.4 is 15.0 Å². The van der Waals surface area contributed by atoms with Crippen molar-refractivity contribution in [3.05, 3.63) is 60.0 Å². The molecule has 6 rings (SSSR count). The van der Waals surface area contributed by atoms with Crippen molar-refractivity contribution in [2.24, 2.45) is 0 Å². The molecule has 30 heavy (non-hydrogen) atoms. The van der Waals surface area contributed by atoms with Crippen LogP contribution in [0.2, 0.25) is 0 Å². The lowest BCUT2D eigenvalue weighted by atomic mass is 9.95. The molecule has 6 heteroatoms. The van der Waals surface area contributed by atoms with Crippen LogP contribution in [-0.2, 0) is 11.0 Å². The number of hydrogen-bond acceptors (Lipinski definition) is 6. The zero-order valence-electron chi connectivity index (χ0n) is 17.4. The molecule has 2 saturated carbocycles. The van der Waals surface area contributed by atoms with Crippen molar-refractivity contribution in [2.75, 3.05) is 25.6 Å². The van der Waals surface area contributed by atoms with Crippen LogP contribution in [0.3, 0.4) is 0 Å². The number of ether oxygens (including phenoxy) is 1. The Morgan fingerprint density at radius 2 is 1.80 bits per heavy atom. The molecule has 6 nitrogen and oxygen atoms in total. The summed E-state index contributed by atoms with van der Waals surface area (Å²) in [6.07, 6.45) is 10.4. The summed E-state index contributed by atoms with van der Waals surface area (Å²) >= 11 is 0. The monoisotopic (exact) mass is 399 g/mol. The van der Waals surface area contributed by atoms with E-state index in [1.807, 2.05) is 24.5 Å². The predicted molar refractivity (Wildman–Crippen MR) is 116 cm³/mol. The van der Waals surface area contributed by atoms with Gasteiger partial charge in [-0.05, 0) is 56.0 Å². The fourth-order valence-corrected chi connectivity index (χ4v) is 4.83. The highest BCUT2D eigenvalue weighted by atomic mass is 16.5. The second kappa shape index (κ2) is 6.25. The quantitative estimate of drug-likeness (QED) is 0.701. The van der Waals surface area contributed by atoms with Crippen molar-refractivity contribution in [1.82, 2.24) is 20.3 Å². The fourth-order valence-electron chi connectivity index (χ4n) is 4.83. The zero-order chi connectivity index (χ0) is 20.3. The van der Waals surface area contributed by atoms with Crippen LogP contribution >= 0.6 is 0 Å². The first kappa shape index (κ1) is 17.8. The molecule has 2 fully saturated rings. The van der Waals surface area contributed by atoms with E-state index in [4.69, 9.17) is 14.7 Å². The van der Waals surface area contributed by atoms with Crippen LogP contribution in [0, 0.1) is 0 Å². The maximum Gasteiger partial charge on any atom is 0.229 e. The first-order chi connectivity index (χ1) is 14.7. The van der Waals surface area contributed by atoms with Gasteiger partial charge < -0.3 is 15.0 Å². The molecule has 0 unspecified atom stereocenters. The molecule has 0 radical (unpaired) electrons. The lowest BCUT2D eigenvalue weighted by Crippen LogP contribution is -2.25. The molecule has 2 aromatic heterocycles. The van der Waals surface area contributed by atoms with Crippen LogP contribution in [0.1, 0.15) is 36.8 Å². The molecular weight excluding hydrogens is 374 g/mol. The topological polar surface area (TPSA) is 63.2 Å². The summed E-state index contributed by atoms with van der Waals surface area (Å²) in [7, 11) is 3.72. The van der Waals surface area contributed by atoms with Crippen LogP contribution in [0.5, 0.6) is 5.75 Å². The van der Waals surface area contributed by atoms with Crippen LogP contribution in [0.25, 0.3) is 11.3 Å². The summed E-state index contributed by atoms with van der Waals surface area (Å²) in [6, 6.07) is 10.8. The van der Waals surface area contributed by atoms with Gasteiger partial charge in [0.05, 0.1) is 12.8 Å². The van der Waals surface area contributed by atoms with Gasteiger partial charge in [-0.3, -0.25) is 4.98 Å². The highest BCUT2D eigenvalue weighted by molar-refractivity contribution is 5.73. The van der Waals surface area contributed by atoms with Crippen molar-refractivity contribution in [3.63, 3.8) is 0 Å². The summed E-state index contributed by atoms with van der Waals surface area (Å²) in [4.78, 5) is 16.2. The number of methoxy groups -OCH3 is 1. The van der Waals surface area contributed by atoms with E-state index in [1.54, 1.807) is 13.3 Å². The number of nitrogens with zero attached hydrogens (tertiary/aromatic N) is 4. The second-order valence-electron chi connectivity index (χ2n) is 8.78. The first-order valence-electron chi connectivity index (χ1n) is 10.6. The number of hydrogen-bond donors (Lipinski definition) is 1. The number of anilines is 2. The zero-order valence-corrected chi connectivity index (χ0v) is 17.4. The average molecular weight is 399 g/mol. The third-order valence-corrected chi connectivity index (χ3v) is 7.10. The Morgan fingerprint density at radius 3 is 2.47 bits per heavy atom. The predicted octanol–water partition coefficient (Wildman–Crippen LogP) is 3.94. The molecule has 1 aromatic carbocycles. The van der Waals surface area contributed by atoms with Gasteiger partial charge in [-0.2, -0.15) is 0 Å². The molecule has 3 aromatic rings. The third kappa shape index (κ3) is 2.63. The summed E-state index contributed by atoms with van der Waals surface area (Å²) in [6.45, 7) is 0.967. The van der Waals surface area contributed by atoms with Crippen LogP contribution in [-0.4, -0.2) is 35.7 Å². The van der Waals surface area contributed by atoms with Crippen LogP contribution in [0.4, 0.5) is 11.6 Å². The third-order valence-electron chi connectivity index (χ3n) is 7.10. The summed E-state index contributed by atoms with van der Waals surface area (Å²) in [5, 5.41) is 3.52. The fraction of sp³-hybridized carbons (Fsp3) is 0.375. The average Bonchev–Trinajstić information content (AvgIpc) is 3.72. The molecule has 3 aliphatic rings. The standard InChI is InChI=1S/C24H25N5O/c1-25-24(8-9-24)17-3-4-19-21(11-17)29(15-23(19)6-7-23)22-27-13-16(14-28-22)20-12-18(30-2)5-10-26-20/h3-5,10-14,25H,6-9,15H2,1-2H3.